The molecule has 1 N–H and O–H groups in total. The van der Waals surface area contributed by atoms with Gasteiger partial charge >= 0.3 is 5.63 Å². The summed E-state index contributed by atoms with van der Waals surface area (Å²) in [6, 6.07) is 1.86. The third kappa shape index (κ3) is 5.17. The molecule has 4 rings (SSSR count). The van der Waals surface area contributed by atoms with Crippen LogP contribution in [0, 0.1) is 6.92 Å². The van der Waals surface area contributed by atoms with Crippen molar-refractivity contribution in [1.29, 1.82) is 0 Å². The smallest absolute Gasteiger partial charge is 0.340 e. The average Bonchev–Trinajstić information content (AvgIpc) is 2.78. The van der Waals surface area contributed by atoms with Gasteiger partial charge in [0.15, 0.2) is 0 Å². The molecular formula is C25H34N2O6. The number of benzene rings is 1. The zero-order valence-electron chi connectivity index (χ0n) is 20.0. The molecule has 0 unspecified atom stereocenters. The van der Waals surface area contributed by atoms with Crippen LogP contribution in [0.15, 0.2) is 15.3 Å². The lowest BCUT2D eigenvalue weighted by Crippen LogP contribution is -2.38. The molecule has 3 heterocycles. The second-order valence-corrected chi connectivity index (χ2v) is 9.45. The van der Waals surface area contributed by atoms with Crippen molar-refractivity contribution in [3.63, 3.8) is 0 Å². The van der Waals surface area contributed by atoms with Gasteiger partial charge in [-0.3, -0.25) is 9.69 Å². The fraction of sp³-hybridized carbons (Fsp3) is 0.600. The van der Waals surface area contributed by atoms with Gasteiger partial charge in [-0.2, -0.15) is 0 Å². The highest BCUT2D eigenvalue weighted by Crippen LogP contribution is 2.43. The number of ether oxygens (including phenoxy) is 3. The lowest BCUT2D eigenvalue weighted by Gasteiger charge is -2.33. The van der Waals surface area contributed by atoms with Crippen molar-refractivity contribution in [1.82, 2.24) is 10.2 Å². The average molecular weight is 459 g/mol. The molecule has 2 aromatic rings. The van der Waals surface area contributed by atoms with Crippen LogP contribution in [0.4, 0.5) is 0 Å². The van der Waals surface area contributed by atoms with Crippen molar-refractivity contribution in [3.8, 4) is 11.5 Å². The lowest BCUT2D eigenvalue weighted by molar-refractivity contribution is -0.120. The van der Waals surface area contributed by atoms with Crippen molar-refractivity contribution in [2.45, 2.75) is 52.1 Å². The Bertz CT molecular complexity index is 1080. The zero-order valence-corrected chi connectivity index (χ0v) is 20.0. The molecule has 1 aromatic heterocycles. The van der Waals surface area contributed by atoms with Gasteiger partial charge in [0.05, 0.1) is 37.7 Å². The van der Waals surface area contributed by atoms with E-state index < -0.39 is 5.63 Å². The van der Waals surface area contributed by atoms with E-state index in [2.05, 4.69) is 10.2 Å². The number of rotatable bonds is 7. The summed E-state index contributed by atoms with van der Waals surface area (Å²) in [7, 11) is 1.58. The fourth-order valence-corrected chi connectivity index (χ4v) is 4.63. The molecule has 0 radical (unpaired) electrons. The van der Waals surface area contributed by atoms with Crippen LogP contribution in [0.3, 0.4) is 0 Å². The Morgan fingerprint density at radius 3 is 2.76 bits per heavy atom. The molecule has 33 heavy (non-hydrogen) atoms. The van der Waals surface area contributed by atoms with Gasteiger partial charge in [-0.15, -0.1) is 0 Å². The van der Waals surface area contributed by atoms with E-state index in [1.807, 2.05) is 26.8 Å². The second kappa shape index (κ2) is 9.73. The highest BCUT2D eigenvalue weighted by Gasteiger charge is 2.31. The number of carbonyl (C=O) groups excluding carboxylic acids is 1. The van der Waals surface area contributed by atoms with Crippen molar-refractivity contribution in [2.24, 2.45) is 0 Å². The summed E-state index contributed by atoms with van der Waals surface area (Å²) in [5, 5.41) is 3.66. The van der Waals surface area contributed by atoms with Crippen LogP contribution < -0.4 is 20.4 Å². The maximum atomic E-state index is 12.9. The van der Waals surface area contributed by atoms with E-state index in [-0.39, 0.29) is 17.9 Å². The SMILES string of the molecule is COc1cc2c(c3oc(=O)c(CC(=O)NCCCN4CCOCC4)c(C)c13)CCC(C)(C)O2. The topological polar surface area (TPSA) is 90.2 Å². The molecule has 1 fully saturated rings. The normalized spacial score (nSPS) is 17.9. The number of fused-ring (bicyclic) bond motifs is 3. The van der Waals surface area contributed by atoms with Gasteiger partial charge in [-0.25, -0.2) is 4.79 Å². The molecule has 0 saturated carbocycles. The first-order valence-electron chi connectivity index (χ1n) is 11.7. The fourth-order valence-electron chi connectivity index (χ4n) is 4.63. The largest absolute Gasteiger partial charge is 0.496 e. The molecule has 0 atom stereocenters. The molecule has 0 aliphatic carbocycles. The van der Waals surface area contributed by atoms with Gasteiger partial charge in [0.1, 0.15) is 22.7 Å². The van der Waals surface area contributed by atoms with Crippen LogP contribution >= 0.6 is 0 Å². The van der Waals surface area contributed by atoms with Crippen LogP contribution in [0.25, 0.3) is 11.0 Å². The Labute approximate surface area is 194 Å². The highest BCUT2D eigenvalue weighted by atomic mass is 16.5. The summed E-state index contributed by atoms with van der Waals surface area (Å²) in [5.41, 5.74) is 1.68. The highest BCUT2D eigenvalue weighted by molar-refractivity contribution is 5.93. The first kappa shape index (κ1) is 23.6. The third-order valence-corrected chi connectivity index (χ3v) is 6.57. The van der Waals surface area contributed by atoms with Crippen molar-refractivity contribution >= 4 is 16.9 Å². The van der Waals surface area contributed by atoms with Gasteiger partial charge < -0.3 is 23.9 Å². The number of amides is 1. The molecular weight excluding hydrogens is 424 g/mol. The van der Waals surface area contributed by atoms with Gasteiger partial charge in [0.25, 0.3) is 0 Å². The summed E-state index contributed by atoms with van der Waals surface area (Å²) in [6.45, 7) is 10.8. The summed E-state index contributed by atoms with van der Waals surface area (Å²) in [4.78, 5) is 27.8. The van der Waals surface area contributed by atoms with Gasteiger partial charge in [0.2, 0.25) is 5.91 Å². The number of aryl methyl sites for hydroxylation is 2. The van der Waals surface area contributed by atoms with E-state index in [0.29, 0.717) is 34.8 Å². The first-order valence-corrected chi connectivity index (χ1v) is 11.7. The summed E-state index contributed by atoms with van der Waals surface area (Å²) < 4.78 is 22.9. The zero-order chi connectivity index (χ0) is 23.6. The van der Waals surface area contributed by atoms with Gasteiger partial charge in [-0.1, -0.05) is 0 Å². The Morgan fingerprint density at radius 1 is 1.27 bits per heavy atom. The van der Waals surface area contributed by atoms with Crippen molar-refractivity contribution in [3.05, 3.63) is 33.2 Å². The molecule has 1 aromatic carbocycles. The quantitative estimate of drug-likeness (QED) is 0.504. The molecule has 8 nitrogen and oxygen atoms in total. The molecule has 1 amide bonds. The van der Waals surface area contributed by atoms with Crippen LogP contribution in [-0.2, 0) is 22.4 Å². The van der Waals surface area contributed by atoms with Crippen LogP contribution in [0.1, 0.15) is 43.4 Å². The predicted molar refractivity (Wildman–Crippen MR) is 125 cm³/mol. The number of carbonyl (C=O) groups is 1. The van der Waals surface area contributed by atoms with Crippen LogP contribution in [0.2, 0.25) is 0 Å². The van der Waals surface area contributed by atoms with E-state index >= 15 is 0 Å². The Kier molecular flexibility index (Phi) is 6.95. The molecule has 2 aliphatic rings. The summed E-state index contributed by atoms with van der Waals surface area (Å²) in [6.07, 6.45) is 2.39. The number of hydrogen-bond donors (Lipinski definition) is 1. The van der Waals surface area contributed by atoms with E-state index in [0.717, 1.165) is 63.1 Å². The summed E-state index contributed by atoms with van der Waals surface area (Å²) in [5.74, 6) is 1.08. The lowest BCUT2D eigenvalue weighted by atomic mass is 9.91. The van der Waals surface area contributed by atoms with E-state index in [4.69, 9.17) is 18.6 Å². The predicted octanol–water partition coefficient (Wildman–Crippen LogP) is 2.59. The number of nitrogens with zero attached hydrogens (tertiary/aromatic N) is 1. The molecule has 2 aliphatic heterocycles. The van der Waals surface area contributed by atoms with Gasteiger partial charge in [-0.05, 0) is 52.1 Å². The third-order valence-electron chi connectivity index (χ3n) is 6.57. The molecule has 0 spiro atoms. The number of methoxy groups -OCH3 is 1. The standard InChI is InChI=1S/C25H34N2O6/c1-16-18(14-21(28)26-8-5-9-27-10-12-31-13-11-27)24(29)32-23-17-6-7-25(2,3)33-19(17)15-20(30-4)22(16)23/h15H,5-14H2,1-4H3,(H,26,28). The van der Waals surface area contributed by atoms with E-state index in [9.17, 15) is 9.59 Å². The molecule has 180 valence electrons. The number of hydrogen-bond acceptors (Lipinski definition) is 7. The number of morpholine rings is 1. The molecule has 0 bridgehead atoms. The first-order chi connectivity index (χ1) is 15.8. The Morgan fingerprint density at radius 2 is 2.03 bits per heavy atom. The second-order valence-electron chi connectivity index (χ2n) is 9.45. The van der Waals surface area contributed by atoms with E-state index in [1.54, 1.807) is 7.11 Å². The van der Waals surface area contributed by atoms with Crippen molar-refractivity contribution < 1.29 is 23.4 Å². The Hall–Kier alpha value is -2.58. The van der Waals surface area contributed by atoms with E-state index in [1.165, 1.54) is 0 Å². The Balaban J connectivity index is 1.51. The van der Waals surface area contributed by atoms with Crippen molar-refractivity contribution in [2.75, 3.05) is 46.5 Å². The minimum absolute atomic E-state index is 0.0224. The number of nitrogens with one attached hydrogen (secondary N) is 1. The summed E-state index contributed by atoms with van der Waals surface area (Å²) >= 11 is 0. The van der Waals surface area contributed by atoms with Crippen LogP contribution in [-0.4, -0.2) is 62.9 Å². The monoisotopic (exact) mass is 458 g/mol. The maximum absolute atomic E-state index is 12.9. The minimum Gasteiger partial charge on any atom is -0.496 e. The maximum Gasteiger partial charge on any atom is 0.340 e. The van der Waals surface area contributed by atoms with Gasteiger partial charge in [0, 0.05) is 31.3 Å². The molecule has 1 saturated heterocycles. The minimum atomic E-state index is -0.483. The van der Waals surface area contributed by atoms with Crippen LogP contribution in [0.5, 0.6) is 11.5 Å². The molecule has 8 heteroatoms.